The van der Waals surface area contributed by atoms with Crippen molar-refractivity contribution in [1.29, 1.82) is 0 Å². The van der Waals surface area contributed by atoms with Crippen molar-refractivity contribution < 1.29 is 0 Å². The number of piperazine rings is 1. The zero-order chi connectivity index (χ0) is 19.3. The Balaban J connectivity index is 1.73. The van der Waals surface area contributed by atoms with Crippen LogP contribution in [0.5, 0.6) is 0 Å². The van der Waals surface area contributed by atoms with E-state index in [1.54, 1.807) is 21.6 Å². The molecule has 0 amide bonds. The molecule has 3 heterocycles. The van der Waals surface area contributed by atoms with Crippen LogP contribution >= 0.6 is 0 Å². The van der Waals surface area contributed by atoms with Gasteiger partial charge in [0.1, 0.15) is 0 Å². The Hall–Kier alpha value is -3.04. The number of nitrogens with zero attached hydrogens (tertiary/aromatic N) is 6. The third-order valence-corrected chi connectivity index (χ3v) is 4.81. The van der Waals surface area contributed by atoms with Crippen LogP contribution in [0.3, 0.4) is 0 Å². The van der Waals surface area contributed by atoms with Gasteiger partial charge < -0.3 is 16.0 Å². The molecule has 0 saturated carbocycles. The lowest BCUT2D eigenvalue weighted by molar-refractivity contribution is 0.580. The van der Waals surface area contributed by atoms with Crippen LogP contribution in [0.25, 0.3) is 11.4 Å². The highest BCUT2D eigenvalue weighted by Gasteiger charge is 2.18. The van der Waals surface area contributed by atoms with E-state index in [0.717, 1.165) is 56.1 Å². The second-order valence-corrected chi connectivity index (χ2v) is 6.72. The normalized spacial score (nSPS) is 14.4. The molecule has 1 fully saturated rings. The number of benzene rings is 1. The maximum Gasteiger partial charge on any atom is 0.298 e. The molecule has 0 aliphatic carbocycles. The summed E-state index contributed by atoms with van der Waals surface area (Å²) in [5, 5.41) is 11.1. The fourth-order valence-corrected chi connectivity index (χ4v) is 3.32. The van der Waals surface area contributed by atoms with Gasteiger partial charge >= 0.3 is 0 Å². The summed E-state index contributed by atoms with van der Waals surface area (Å²) in [4.78, 5) is 19.9. The fourth-order valence-electron chi connectivity index (χ4n) is 3.32. The molecule has 1 aliphatic rings. The molecule has 0 bridgehead atoms. The average molecular weight is 380 g/mol. The van der Waals surface area contributed by atoms with Crippen LogP contribution in [-0.2, 0) is 6.42 Å². The number of aryl methyl sites for hydroxylation is 1. The minimum Gasteiger partial charge on any atom is -0.349 e. The van der Waals surface area contributed by atoms with Crippen LogP contribution in [0.1, 0.15) is 12.1 Å². The van der Waals surface area contributed by atoms with E-state index < -0.39 is 0 Å². The van der Waals surface area contributed by atoms with E-state index in [1.807, 2.05) is 30.5 Å². The summed E-state index contributed by atoms with van der Waals surface area (Å²) in [7, 11) is 0. The highest BCUT2D eigenvalue weighted by molar-refractivity contribution is 5.45. The Labute approximate surface area is 162 Å². The highest BCUT2D eigenvalue weighted by atomic mass is 16.1. The molecule has 1 aliphatic heterocycles. The minimum absolute atomic E-state index is 0.105. The first kappa shape index (κ1) is 18.3. The van der Waals surface area contributed by atoms with Gasteiger partial charge in [-0.1, -0.05) is 5.21 Å². The van der Waals surface area contributed by atoms with Gasteiger partial charge in [0, 0.05) is 38.1 Å². The van der Waals surface area contributed by atoms with E-state index in [9.17, 15) is 4.79 Å². The number of aromatic nitrogens is 5. The standard InChI is InChI=1S/C19H24N8O/c20-7-1-2-15-14-26(19(28)18(23-15)25-11-8-21-9-12-25)16-3-5-17(6-4-16)27-13-10-22-24-27/h3-6,10,13-14,21H,1-2,7-9,11-12,20H2. The number of rotatable bonds is 6. The van der Waals surface area contributed by atoms with Gasteiger partial charge in [0.15, 0.2) is 5.82 Å². The molecular formula is C19H24N8O. The van der Waals surface area contributed by atoms with Gasteiger partial charge in [-0.05, 0) is 43.7 Å². The van der Waals surface area contributed by atoms with Crippen LogP contribution in [0.2, 0.25) is 0 Å². The molecule has 1 saturated heterocycles. The number of hydrogen-bond acceptors (Lipinski definition) is 7. The quantitative estimate of drug-likeness (QED) is 0.625. The molecule has 0 unspecified atom stereocenters. The van der Waals surface area contributed by atoms with Gasteiger partial charge in [-0.3, -0.25) is 9.36 Å². The van der Waals surface area contributed by atoms with Crippen molar-refractivity contribution >= 4 is 5.82 Å². The highest BCUT2D eigenvalue weighted by Crippen LogP contribution is 2.15. The van der Waals surface area contributed by atoms with Crippen LogP contribution < -0.4 is 21.5 Å². The fraction of sp³-hybridized carbons (Fsp3) is 0.368. The van der Waals surface area contributed by atoms with Crippen molar-refractivity contribution in [2.75, 3.05) is 37.6 Å². The maximum atomic E-state index is 13.2. The molecule has 1 aromatic carbocycles. The maximum absolute atomic E-state index is 13.2. The summed E-state index contributed by atoms with van der Waals surface area (Å²) in [6, 6.07) is 7.65. The summed E-state index contributed by atoms with van der Waals surface area (Å²) in [6.07, 6.45) is 6.81. The van der Waals surface area contributed by atoms with Crippen LogP contribution in [0, 0.1) is 0 Å². The van der Waals surface area contributed by atoms with E-state index in [0.29, 0.717) is 12.4 Å². The third kappa shape index (κ3) is 3.80. The number of nitrogens with two attached hydrogens (primary N) is 1. The second kappa shape index (κ2) is 8.32. The van der Waals surface area contributed by atoms with E-state index >= 15 is 0 Å². The Kier molecular flexibility index (Phi) is 5.45. The zero-order valence-corrected chi connectivity index (χ0v) is 15.7. The molecule has 3 N–H and O–H groups in total. The molecule has 28 heavy (non-hydrogen) atoms. The van der Waals surface area contributed by atoms with Crippen LogP contribution in [0.4, 0.5) is 5.82 Å². The van der Waals surface area contributed by atoms with Crippen molar-refractivity contribution in [2.24, 2.45) is 5.73 Å². The Morgan fingerprint density at radius 3 is 2.54 bits per heavy atom. The summed E-state index contributed by atoms with van der Waals surface area (Å²) >= 11 is 0. The van der Waals surface area contributed by atoms with Crippen LogP contribution in [0.15, 0.2) is 47.7 Å². The van der Waals surface area contributed by atoms with Crippen molar-refractivity contribution in [2.45, 2.75) is 12.8 Å². The summed E-state index contributed by atoms with van der Waals surface area (Å²) in [5.74, 6) is 0.511. The summed E-state index contributed by atoms with van der Waals surface area (Å²) < 4.78 is 3.36. The lowest BCUT2D eigenvalue weighted by atomic mass is 10.2. The first-order valence-electron chi connectivity index (χ1n) is 9.52. The van der Waals surface area contributed by atoms with E-state index in [1.165, 1.54) is 0 Å². The molecule has 0 atom stereocenters. The van der Waals surface area contributed by atoms with Crippen molar-refractivity contribution in [3.05, 3.63) is 58.9 Å². The van der Waals surface area contributed by atoms with Crippen molar-refractivity contribution in [3.63, 3.8) is 0 Å². The Morgan fingerprint density at radius 2 is 1.86 bits per heavy atom. The zero-order valence-electron chi connectivity index (χ0n) is 15.7. The number of nitrogens with one attached hydrogen (secondary N) is 1. The molecule has 2 aromatic heterocycles. The number of anilines is 1. The molecule has 3 aromatic rings. The monoisotopic (exact) mass is 380 g/mol. The van der Waals surface area contributed by atoms with Gasteiger partial charge in [-0.15, -0.1) is 5.10 Å². The molecule has 146 valence electrons. The number of hydrogen-bond donors (Lipinski definition) is 2. The van der Waals surface area contributed by atoms with Gasteiger partial charge in [0.25, 0.3) is 5.56 Å². The van der Waals surface area contributed by atoms with Crippen LogP contribution in [-0.4, -0.2) is 57.3 Å². The molecule has 4 rings (SSSR count). The molecule has 0 radical (unpaired) electrons. The van der Waals surface area contributed by atoms with Gasteiger partial charge in [0.05, 0.1) is 23.8 Å². The topological polar surface area (TPSA) is 107 Å². The van der Waals surface area contributed by atoms with Crippen molar-refractivity contribution in [3.8, 4) is 11.4 Å². The summed E-state index contributed by atoms with van der Waals surface area (Å²) in [6.45, 7) is 3.83. The Bertz CT molecular complexity index is 959. The van der Waals surface area contributed by atoms with Gasteiger partial charge in [0.2, 0.25) is 0 Å². The molecule has 9 heteroatoms. The molecular weight excluding hydrogens is 356 g/mol. The van der Waals surface area contributed by atoms with Crippen molar-refractivity contribution in [1.82, 2.24) is 29.9 Å². The van der Waals surface area contributed by atoms with E-state index in [2.05, 4.69) is 25.5 Å². The smallest absolute Gasteiger partial charge is 0.298 e. The minimum atomic E-state index is -0.105. The average Bonchev–Trinajstić information content (AvgIpc) is 3.29. The summed E-state index contributed by atoms with van der Waals surface area (Å²) in [5.41, 5.74) is 8.12. The van der Waals surface area contributed by atoms with Gasteiger partial charge in [-0.2, -0.15) is 0 Å². The van der Waals surface area contributed by atoms with Gasteiger partial charge in [-0.25, -0.2) is 9.67 Å². The molecule has 9 nitrogen and oxygen atoms in total. The lowest BCUT2D eigenvalue weighted by Gasteiger charge is -2.28. The Morgan fingerprint density at radius 1 is 1.11 bits per heavy atom. The second-order valence-electron chi connectivity index (χ2n) is 6.72. The largest absolute Gasteiger partial charge is 0.349 e. The first-order chi connectivity index (χ1) is 13.8. The van der Waals surface area contributed by atoms with E-state index in [4.69, 9.17) is 5.73 Å². The predicted octanol–water partition coefficient (Wildman–Crippen LogP) is 0.114. The lowest BCUT2D eigenvalue weighted by Crippen LogP contribution is -2.46. The predicted molar refractivity (Wildman–Crippen MR) is 107 cm³/mol. The third-order valence-electron chi connectivity index (χ3n) is 4.81. The first-order valence-corrected chi connectivity index (χ1v) is 9.52. The van der Waals surface area contributed by atoms with E-state index in [-0.39, 0.29) is 5.56 Å². The SMILES string of the molecule is NCCCc1cn(-c2ccc(-n3ccnn3)cc2)c(=O)c(N2CCNCC2)n1. The molecule has 0 spiro atoms.